The average molecular weight is 415 g/mol. The van der Waals surface area contributed by atoms with Crippen molar-refractivity contribution >= 4 is 29.4 Å². The summed E-state index contributed by atoms with van der Waals surface area (Å²) >= 11 is 6.29. The van der Waals surface area contributed by atoms with E-state index < -0.39 is 0 Å². The number of hydrogen-bond acceptors (Lipinski definition) is 2. The molecule has 158 valence electrons. The van der Waals surface area contributed by atoms with Gasteiger partial charge in [0.15, 0.2) is 6.29 Å². The van der Waals surface area contributed by atoms with Crippen LogP contribution in [0.4, 0.5) is 5.69 Å². The summed E-state index contributed by atoms with van der Waals surface area (Å²) in [6.07, 6.45) is 9.52. The molecule has 1 aromatic carbocycles. The fraction of sp³-hybridized carbons (Fsp3) is 0.440. The number of halogens is 1. The van der Waals surface area contributed by atoms with E-state index in [1.807, 2.05) is 24.0 Å². The highest BCUT2D eigenvalue weighted by atomic mass is 35.5. The number of benzene rings is 1. The van der Waals surface area contributed by atoms with Gasteiger partial charge >= 0.3 is 0 Å². The van der Waals surface area contributed by atoms with E-state index in [1.165, 1.54) is 12.8 Å². The zero-order valence-corrected chi connectivity index (χ0v) is 19.5. The van der Waals surface area contributed by atoms with Crippen molar-refractivity contribution in [2.24, 2.45) is 10.9 Å². The molecule has 4 heteroatoms. The van der Waals surface area contributed by atoms with Crippen LogP contribution in [0.15, 0.2) is 58.8 Å². The maximum Gasteiger partial charge on any atom is 0.153 e. The van der Waals surface area contributed by atoms with E-state index in [9.17, 15) is 4.79 Å². The fourth-order valence-electron chi connectivity index (χ4n) is 3.37. The van der Waals surface area contributed by atoms with E-state index >= 15 is 0 Å². The summed E-state index contributed by atoms with van der Waals surface area (Å²) in [5, 5.41) is 0.429. The Morgan fingerprint density at radius 1 is 1.24 bits per heavy atom. The molecule has 1 unspecified atom stereocenters. The van der Waals surface area contributed by atoms with Gasteiger partial charge < -0.3 is 0 Å². The molecule has 0 spiro atoms. The van der Waals surface area contributed by atoms with Crippen LogP contribution in [0.3, 0.4) is 0 Å². The van der Waals surface area contributed by atoms with Gasteiger partial charge in [-0.2, -0.15) is 0 Å². The minimum Gasteiger partial charge on any atom is -0.298 e. The highest BCUT2D eigenvalue weighted by molar-refractivity contribution is 6.33. The van der Waals surface area contributed by atoms with E-state index in [-0.39, 0.29) is 0 Å². The highest BCUT2D eigenvalue weighted by Gasteiger charge is 2.19. The number of aliphatic imine (C=N–C) groups is 1. The number of nitrogens with zero attached hydrogens (tertiary/aromatic N) is 2. The molecule has 0 bridgehead atoms. The predicted molar refractivity (Wildman–Crippen MR) is 128 cm³/mol. The molecule has 0 N–H and O–H groups in total. The summed E-state index contributed by atoms with van der Waals surface area (Å²) < 4.78 is 0. The monoisotopic (exact) mass is 414 g/mol. The molecule has 0 aromatic heterocycles. The summed E-state index contributed by atoms with van der Waals surface area (Å²) in [5.74, 6) is 1.44. The first-order chi connectivity index (χ1) is 13.8. The van der Waals surface area contributed by atoms with Crippen molar-refractivity contribution in [2.45, 2.75) is 60.3 Å². The van der Waals surface area contributed by atoms with Crippen LogP contribution < -0.4 is 4.90 Å². The Bertz CT molecular complexity index is 801. The molecular weight excluding hydrogens is 380 g/mol. The van der Waals surface area contributed by atoms with Crippen molar-refractivity contribution < 1.29 is 4.79 Å². The smallest absolute Gasteiger partial charge is 0.153 e. The van der Waals surface area contributed by atoms with Gasteiger partial charge in [0.25, 0.3) is 0 Å². The van der Waals surface area contributed by atoms with E-state index in [0.29, 0.717) is 16.5 Å². The second-order valence-electron chi connectivity index (χ2n) is 7.54. The first-order valence-corrected chi connectivity index (χ1v) is 10.7. The maximum atomic E-state index is 11.7. The van der Waals surface area contributed by atoms with Gasteiger partial charge in [0.05, 0.1) is 16.3 Å². The minimum absolute atomic E-state index is 0.429. The van der Waals surface area contributed by atoms with Crippen LogP contribution in [0.2, 0.25) is 5.02 Å². The van der Waals surface area contributed by atoms with Crippen LogP contribution >= 0.6 is 11.6 Å². The second kappa shape index (κ2) is 12.4. The number of carbonyl (C=O) groups is 1. The second-order valence-corrected chi connectivity index (χ2v) is 7.95. The van der Waals surface area contributed by atoms with Gasteiger partial charge in [-0.05, 0) is 51.3 Å². The normalized spacial score (nSPS) is 12.7. The molecule has 1 rings (SSSR count). The number of allylic oxidation sites excluding steroid dienone is 4. The summed E-state index contributed by atoms with van der Waals surface area (Å²) in [7, 11) is 1.75. The van der Waals surface area contributed by atoms with Crippen molar-refractivity contribution in [3.63, 3.8) is 0 Å². The van der Waals surface area contributed by atoms with Crippen molar-refractivity contribution in [3.05, 3.63) is 64.4 Å². The molecule has 29 heavy (non-hydrogen) atoms. The Hall–Kier alpha value is -2.13. The molecule has 0 aliphatic carbocycles. The Balaban J connectivity index is 3.36. The third kappa shape index (κ3) is 7.01. The molecule has 0 fully saturated rings. The summed E-state index contributed by atoms with van der Waals surface area (Å²) in [5.41, 5.74) is 4.35. The minimum atomic E-state index is 0.429. The van der Waals surface area contributed by atoms with Crippen molar-refractivity contribution in [1.82, 2.24) is 0 Å². The molecule has 0 saturated heterocycles. The van der Waals surface area contributed by atoms with Gasteiger partial charge in [-0.25, -0.2) is 0 Å². The lowest BCUT2D eigenvalue weighted by Gasteiger charge is -2.28. The highest BCUT2D eigenvalue weighted by Crippen LogP contribution is 2.31. The van der Waals surface area contributed by atoms with Crippen molar-refractivity contribution in [2.75, 3.05) is 11.9 Å². The SMILES string of the molecule is C=C(/C=C\C(=C(C)C)N(C(C)=NC)c1cccc(Cl)c1C=O)CC(CC)CCC. The average Bonchev–Trinajstić information content (AvgIpc) is 2.69. The summed E-state index contributed by atoms with van der Waals surface area (Å²) in [6.45, 7) is 14.8. The quantitative estimate of drug-likeness (QED) is 0.170. The number of amidine groups is 1. The van der Waals surface area contributed by atoms with Gasteiger partial charge in [0.1, 0.15) is 5.84 Å². The maximum absolute atomic E-state index is 11.7. The predicted octanol–water partition coefficient (Wildman–Crippen LogP) is 7.63. The molecule has 0 amide bonds. The largest absolute Gasteiger partial charge is 0.298 e. The Morgan fingerprint density at radius 2 is 1.93 bits per heavy atom. The summed E-state index contributed by atoms with van der Waals surface area (Å²) in [4.78, 5) is 18.1. The Morgan fingerprint density at radius 3 is 2.45 bits per heavy atom. The fourth-order valence-corrected chi connectivity index (χ4v) is 3.59. The van der Waals surface area contributed by atoms with Gasteiger partial charge in [0.2, 0.25) is 0 Å². The van der Waals surface area contributed by atoms with Gasteiger partial charge in [-0.15, -0.1) is 0 Å². The molecule has 1 aromatic rings. The number of carbonyl (C=O) groups excluding carboxylic acids is 1. The molecule has 0 radical (unpaired) electrons. The Labute approximate surface area is 181 Å². The Kier molecular flexibility index (Phi) is 10.7. The topological polar surface area (TPSA) is 32.7 Å². The molecule has 0 heterocycles. The number of rotatable bonds is 10. The molecule has 0 aliphatic heterocycles. The van der Waals surface area contributed by atoms with E-state index in [1.54, 1.807) is 13.1 Å². The third-order valence-electron chi connectivity index (χ3n) is 5.09. The van der Waals surface area contributed by atoms with Crippen LogP contribution in [-0.4, -0.2) is 19.2 Å². The van der Waals surface area contributed by atoms with Gasteiger partial charge in [-0.1, -0.05) is 74.6 Å². The lowest BCUT2D eigenvalue weighted by atomic mass is 9.93. The van der Waals surface area contributed by atoms with Crippen LogP contribution in [0.25, 0.3) is 0 Å². The first-order valence-electron chi connectivity index (χ1n) is 10.3. The number of anilines is 1. The first kappa shape index (κ1) is 24.9. The lowest BCUT2D eigenvalue weighted by molar-refractivity contribution is 0.112. The van der Waals surface area contributed by atoms with Crippen LogP contribution in [0.1, 0.15) is 70.7 Å². The van der Waals surface area contributed by atoms with Crippen LogP contribution in [0.5, 0.6) is 0 Å². The molecule has 3 nitrogen and oxygen atoms in total. The van der Waals surface area contributed by atoms with Gasteiger partial charge in [0, 0.05) is 12.7 Å². The van der Waals surface area contributed by atoms with Gasteiger partial charge in [-0.3, -0.25) is 14.7 Å². The van der Waals surface area contributed by atoms with Crippen molar-refractivity contribution in [1.29, 1.82) is 0 Å². The van der Waals surface area contributed by atoms with Crippen LogP contribution in [0, 0.1) is 5.92 Å². The lowest BCUT2D eigenvalue weighted by Crippen LogP contribution is -2.29. The number of hydrogen-bond donors (Lipinski definition) is 0. The standard InChI is InChI=1S/C25H35ClN2O/c1-8-11-21(9-2)16-19(5)14-15-24(18(3)4)28(20(6)27-7)25-13-10-12-23(26)22(25)17-29/h10,12-15,17,21H,5,8-9,11,16H2,1-4,6-7H3/b15-14-,27-20?. The van der Waals surface area contributed by atoms with E-state index in [2.05, 4.69) is 51.4 Å². The van der Waals surface area contributed by atoms with E-state index in [0.717, 1.165) is 47.5 Å². The molecular formula is C25H35ClN2O. The number of aldehydes is 1. The zero-order chi connectivity index (χ0) is 22.0. The summed E-state index contributed by atoms with van der Waals surface area (Å²) in [6, 6.07) is 5.47. The van der Waals surface area contributed by atoms with E-state index in [4.69, 9.17) is 11.6 Å². The molecule has 0 aliphatic rings. The molecule has 1 atom stereocenters. The zero-order valence-electron chi connectivity index (χ0n) is 18.8. The van der Waals surface area contributed by atoms with Crippen LogP contribution in [-0.2, 0) is 0 Å². The third-order valence-corrected chi connectivity index (χ3v) is 5.42. The van der Waals surface area contributed by atoms with Crippen molar-refractivity contribution in [3.8, 4) is 0 Å². The molecule has 0 saturated carbocycles.